The topological polar surface area (TPSA) is 91.6 Å². The summed E-state index contributed by atoms with van der Waals surface area (Å²) in [6.07, 6.45) is 1.65. The Balaban J connectivity index is 0.00000280. The first kappa shape index (κ1) is 22.9. The summed E-state index contributed by atoms with van der Waals surface area (Å²) in [5, 5.41) is 6.47. The zero-order valence-electron chi connectivity index (χ0n) is 16.4. The number of halogens is 1. The fraction of sp³-hybridized carbons (Fsp3) is 0.556. The molecule has 0 saturated carbocycles. The van der Waals surface area contributed by atoms with E-state index in [-0.39, 0.29) is 29.7 Å². The summed E-state index contributed by atoms with van der Waals surface area (Å²) in [5.41, 5.74) is 2.18. The molecule has 0 spiro atoms. The third-order valence-corrected chi connectivity index (χ3v) is 6.73. The van der Waals surface area contributed by atoms with Gasteiger partial charge in [0, 0.05) is 39.8 Å². The van der Waals surface area contributed by atoms with E-state index in [0.717, 1.165) is 42.8 Å². The molecule has 0 amide bonds. The predicted molar refractivity (Wildman–Crippen MR) is 124 cm³/mol. The maximum absolute atomic E-state index is 11.8. The molecule has 1 saturated heterocycles. The number of para-hydroxylation sites is 2. The third-order valence-electron chi connectivity index (χ3n) is 4.78. The van der Waals surface area contributed by atoms with Crippen molar-refractivity contribution >= 4 is 51.0 Å². The Morgan fingerprint density at radius 3 is 2.68 bits per heavy atom. The van der Waals surface area contributed by atoms with Crippen molar-refractivity contribution in [3.63, 3.8) is 0 Å². The Morgan fingerprint density at radius 2 is 1.96 bits per heavy atom. The highest BCUT2D eigenvalue weighted by Gasteiger charge is 2.27. The zero-order valence-corrected chi connectivity index (χ0v) is 19.5. The number of sulfonamides is 1. The van der Waals surface area contributed by atoms with Gasteiger partial charge in [-0.15, -0.1) is 24.0 Å². The van der Waals surface area contributed by atoms with Crippen LogP contribution < -0.4 is 10.6 Å². The number of imidazole rings is 1. The summed E-state index contributed by atoms with van der Waals surface area (Å²) in [7, 11) is -1.32. The Bertz CT molecular complexity index is 912. The molecule has 156 valence electrons. The number of rotatable bonds is 7. The summed E-state index contributed by atoms with van der Waals surface area (Å²) in [4.78, 5) is 8.78. The SMILES string of the molecule is CN=C(NCCCn1c(C)nc2ccccc21)NCCN1CCCS1(=O)=O.I. The van der Waals surface area contributed by atoms with Gasteiger partial charge in [-0.25, -0.2) is 17.7 Å². The number of aromatic nitrogens is 2. The predicted octanol–water partition coefficient (Wildman–Crippen LogP) is 1.55. The fourth-order valence-electron chi connectivity index (χ4n) is 3.38. The van der Waals surface area contributed by atoms with Gasteiger partial charge < -0.3 is 15.2 Å². The Labute approximate surface area is 183 Å². The van der Waals surface area contributed by atoms with Gasteiger partial charge in [-0.3, -0.25) is 4.99 Å². The van der Waals surface area contributed by atoms with E-state index in [0.29, 0.717) is 25.6 Å². The summed E-state index contributed by atoms with van der Waals surface area (Å²) < 4.78 is 27.4. The van der Waals surface area contributed by atoms with E-state index in [9.17, 15) is 8.42 Å². The zero-order chi connectivity index (χ0) is 19.3. The molecule has 1 aromatic heterocycles. The van der Waals surface area contributed by atoms with Crippen LogP contribution in [-0.4, -0.2) is 67.2 Å². The standard InChI is InChI=1S/C18H28N6O2S.HI/c1-15-22-16-7-3-4-8-17(16)24(15)12-5-9-20-18(19-2)21-10-13-23-11-6-14-27(23,25)26;/h3-4,7-8H,5-6,9-14H2,1-2H3,(H2,19,20,21);1H. The van der Waals surface area contributed by atoms with Gasteiger partial charge >= 0.3 is 0 Å². The lowest BCUT2D eigenvalue weighted by molar-refractivity contribution is 0.445. The highest BCUT2D eigenvalue weighted by molar-refractivity contribution is 14.0. The molecule has 1 aliphatic heterocycles. The maximum atomic E-state index is 11.8. The first-order valence-electron chi connectivity index (χ1n) is 9.35. The lowest BCUT2D eigenvalue weighted by atomic mass is 10.3. The summed E-state index contributed by atoms with van der Waals surface area (Å²) in [5.74, 6) is 1.98. The van der Waals surface area contributed by atoms with Gasteiger partial charge in [0.15, 0.2) is 5.96 Å². The molecule has 10 heteroatoms. The van der Waals surface area contributed by atoms with E-state index in [4.69, 9.17) is 0 Å². The van der Waals surface area contributed by atoms with Crippen LogP contribution in [0.1, 0.15) is 18.7 Å². The smallest absolute Gasteiger partial charge is 0.214 e. The molecule has 2 heterocycles. The van der Waals surface area contributed by atoms with Gasteiger partial charge in [0.1, 0.15) is 5.82 Å². The van der Waals surface area contributed by atoms with Crippen LogP contribution in [0, 0.1) is 6.92 Å². The van der Waals surface area contributed by atoms with Crippen LogP contribution >= 0.6 is 24.0 Å². The number of nitrogens with zero attached hydrogens (tertiary/aromatic N) is 4. The number of aliphatic imine (C=N–C) groups is 1. The van der Waals surface area contributed by atoms with E-state index in [1.165, 1.54) is 0 Å². The van der Waals surface area contributed by atoms with Gasteiger partial charge in [-0.1, -0.05) is 12.1 Å². The minimum absolute atomic E-state index is 0. The van der Waals surface area contributed by atoms with E-state index in [1.807, 2.05) is 25.1 Å². The molecule has 0 unspecified atom stereocenters. The molecule has 0 atom stereocenters. The van der Waals surface area contributed by atoms with Crippen LogP contribution in [0.15, 0.2) is 29.3 Å². The molecule has 1 fully saturated rings. The normalized spacial score (nSPS) is 16.9. The van der Waals surface area contributed by atoms with Crippen molar-refractivity contribution in [2.75, 3.05) is 39.0 Å². The van der Waals surface area contributed by atoms with Crippen LogP contribution in [-0.2, 0) is 16.6 Å². The average molecular weight is 520 g/mol. The van der Waals surface area contributed by atoms with Crippen LogP contribution in [0.5, 0.6) is 0 Å². The molecular formula is C18H29IN6O2S. The van der Waals surface area contributed by atoms with E-state index >= 15 is 0 Å². The van der Waals surface area contributed by atoms with Crippen molar-refractivity contribution < 1.29 is 8.42 Å². The van der Waals surface area contributed by atoms with Gasteiger partial charge in [0.25, 0.3) is 0 Å². The molecule has 8 nitrogen and oxygen atoms in total. The van der Waals surface area contributed by atoms with Crippen molar-refractivity contribution in [3.8, 4) is 0 Å². The van der Waals surface area contributed by atoms with Crippen molar-refractivity contribution in [2.45, 2.75) is 26.3 Å². The second-order valence-electron chi connectivity index (χ2n) is 6.65. The number of hydrogen-bond acceptors (Lipinski definition) is 4. The highest BCUT2D eigenvalue weighted by Crippen LogP contribution is 2.15. The lowest BCUT2D eigenvalue weighted by Crippen LogP contribution is -2.42. The van der Waals surface area contributed by atoms with Crippen LogP contribution in [0.3, 0.4) is 0 Å². The Morgan fingerprint density at radius 1 is 1.21 bits per heavy atom. The molecule has 3 rings (SSSR count). The number of fused-ring (bicyclic) bond motifs is 1. The summed E-state index contributed by atoms with van der Waals surface area (Å²) >= 11 is 0. The van der Waals surface area contributed by atoms with Crippen molar-refractivity contribution in [3.05, 3.63) is 30.1 Å². The molecule has 2 aromatic rings. The van der Waals surface area contributed by atoms with Gasteiger partial charge in [0.05, 0.1) is 16.8 Å². The fourth-order valence-corrected chi connectivity index (χ4v) is 4.91. The van der Waals surface area contributed by atoms with Crippen LogP contribution in [0.25, 0.3) is 11.0 Å². The maximum Gasteiger partial charge on any atom is 0.214 e. The molecule has 2 N–H and O–H groups in total. The minimum Gasteiger partial charge on any atom is -0.356 e. The Kier molecular flexibility index (Phi) is 8.50. The van der Waals surface area contributed by atoms with E-state index in [2.05, 4.69) is 31.2 Å². The minimum atomic E-state index is -3.04. The third kappa shape index (κ3) is 5.57. The van der Waals surface area contributed by atoms with E-state index < -0.39 is 10.0 Å². The molecule has 28 heavy (non-hydrogen) atoms. The van der Waals surface area contributed by atoms with Gasteiger partial charge in [-0.2, -0.15) is 0 Å². The second kappa shape index (κ2) is 10.4. The van der Waals surface area contributed by atoms with Crippen LogP contribution in [0.2, 0.25) is 0 Å². The first-order valence-corrected chi connectivity index (χ1v) is 11.0. The number of benzene rings is 1. The number of hydrogen-bond donors (Lipinski definition) is 2. The molecular weight excluding hydrogens is 491 g/mol. The highest BCUT2D eigenvalue weighted by atomic mass is 127. The Hall–Kier alpha value is -1.40. The lowest BCUT2D eigenvalue weighted by Gasteiger charge is -2.16. The number of aryl methyl sites for hydroxylation is 2. The van der Waals surface area contributed by atoms with Crippen molar-refractivity contribution in [2.24, 2.45) is 4.99 Å². The second-order valence-corrected chi connectivity index (χ2v) is 8.74. The summed E-state index contributed by atoms with van der Waals surface area (Å²) in [6, 6.07) is 8.16. The van der Waals surface area contributed by atoms with Gasteiger partial charge in [0.2, 0.25) is 10.0 Å². The van der Waals surface area contributed by atoms with E-state index in [1.54, 1.807) is 11.4 Å². The molecule has 1 aliphatic rings. The van der Waals surface area contributed by atoms with Crippen molar-refractivity contribution in [1.29, 1.82) is 0 Å². The van der Waals surface area contributed by atoms with Crippen LogP contribution in [0.4, 0.5) is 0 Å². The molecule has 0 bridgehead atoms. The largest absolute Gasteiger partial charge is 0.356 e. The summed E-state index contributed by atoms with van der Waals surface area (Å²) in [6.45, 7) is 5.32. The molecule has 1 aromatic carbocycles. The average Bonchev–Trinajstić information content (AvgIpc) is 3.15. The van der Waals surface area contributed by atoms with Crippen molar-refractivity contribution in [1.82, 2.24) is 24.5 Å². The monoisotopic (exact) mass is 520 g/mol. The first-order chi connectivity index (χ1) is 13.0. The number of guanidine groups is 1. The number of nitrogens with one attached hydrogen (secondary N) is 2. The van der Waals surface area contributed by atoms with Gasteiger partial charge in [-0.05, 0) is 31.9 Å². The molecule has 0 radical (unpaired) electrons. The quantitative estimate of drug-likeness (QED) is 0.250. The molecule has 0 aliphatic carbocycles.